The molecule has 3 nitrogen and oxygen atoms in total. The first-order valence-electron chi connectivity index (χ1n) is 6.47. The summed E-state index contributed by atoms with van der Waals surface area (Å²) in [6, 6.07) is 13.5. The molecule has 2 aromatic rings. The van der Waals surface area contributed by atoms with Gasteiger partial charge in [0, 0.05) is 16.6 Å². The van der Waals surface area contributed by atoms with Crippen LogP contribution in [-0.4, -0.2) is 11.4 Å². The van der Waals surface area contributed by atoms with E-state index in [0.29, 0.717) is 6.42 Å². The molecule has 3 N–H and O–H groups in total. The van der Waals surface area contributed by atoms with Gasteiger partial charge in [0.15, 0.2) is 0 Å². The number of amides is 1. The van der Waals surface area contributed by atoms with Crippen LogP contribution in [0.2, 0.25) is 0 Å². The third-order valence-corrected chi connectivity index (χ3v) is 3.81. The van der Waals surface area contributed by atoms with Gasteiger partial charge in [-0.3, -0.25) is 4.79 Å². The van der Waals surface area contributed by atoms with Crippen molar-refractivity contribution in [1.29, 1.82) is 0 Å². The number of carbonyl (C=O) groups is 1. The van der Waals surface area contributed by atoms with Gasteiger partial charge in [-0.1, -0.05) is 28.1 Å². The second-order valence-corrected chi connectivity index (χ2v) is 6.05. The van der Waals surface area contributed by atoms with Gasteiger partial charge >= 0.3 is 0 Å². The Morgan fingerprint density at radius 1 is 1.19 bits per heavy atom. The van der Waals surface area contributed by atoms with E-state index in [4.69, 9.17) is 5.73 Å². The molecule has 110 valence electrons. The van der Waals surface area contributed by atoms with Crippen LogP contribution in [0.3, 0.4) is 0 Å². The SMILES string of the molecule is CC(Cc1ccc(F)cc1)(Nc1ccc(Br)cc1)C(N)=O. The van der Waals surface area contributed by atoms with E-state index < -0.39 is 11.4 Å². The lowest BCUT2D eigenvalue weighted by Gasteiger charge is -2.29. The topological polar surface area (TPSA) is 55.1 Å². The van der Waals surface area contributed by atoms with Crippen LogP contribution in [0.25, 0.3) is 0 Å². The predicted molar refractivity (Wildman–Crippen MR) is 85.5 cm³/mol. The fraction of sp³-hybridized carbons (Fsp3) is 0.188. The Hall–Kier alpha value is -1.88. The highest BCUT2D eigenvalue weighted by molar-refractivity contribution is 9.10. The molecule has 0 radical (unpaired) electrons. The van der Waals surface area contributed by atoms with E-state index >= 15 is 0 Å². The van der Waals surface area contributed by atoms with Gasteiger partial charge in [-0.2, -0.15) is 0 Å². The molecule has 0 aliphatic heterocycles. The molecule has 1 unspecified atom stereocenters. The van der Waals surface area contributed by atoms with Crippen LogP contribution >= 0.6 is 15.9 Å². The van der Waals surface area contributed by atoms with Crippen LogP contribution in [0, 0.1) is 5.82 Å². The van der Waals surface area contributed by atoms with Crippen molar-refractivity contribution in [2.24, 2.45) is 5.73 Å². The average molecular weight is 351 g/mol. The van der Waals surface area contributed by atoms with Crippen molar-refractivity contribution >= 4 is 27.5 Å². The van der Waals surface area contributed by atoms with Crippen molar-refractivity contribution in [3.8, 4) is 0 Å². The second-order valence-electron chi connectivity index (χ2n) is 5.13. The summed E-state index contributed by atoms with van der Waals surface area (Å²) in [5.41, 5.74) is 6.22. The molecule has 0 fully saturated rings. The fourth-order valence-corrected chi connectivity index (χ4v) is 2.32. The molecule has 0 spiro atoms. The number of hydrogen-bond donors (Lipinski definition) is 2. The molecule has 2 rings (SSSR count). The third kappa shape index (κ3) is 4.04. The zero-order chi connectivity index (χ0) is 15.5. The van der Waals surface area contributed by atoms with Crippen LogP contribution in [0.15, 0.2) is 53.0 Å². The van der Waals surface area contributed by atoms with E-state index in [1.807, 2.05) is 24.3 Å². The number of nitrogens with one attached hydrogen (secondary N) is 1. The Bertz CT molecular complexity index is 578. The molecule has 1 amide bonds. The molecule has 0 saturated heterocycles. The normalized spacial score (nSPS) is 13.5. The highest BCUT2D eigenvalue weighted by Gasteiger charge is 2.31. The standard InChI is InChI=1S/C16H16BrFN2O/c1-16(15(19)21,10-11-2-6-13(18)7-3-11)20-14-8-4-12(17)5-9-14/h2-9,20H,10H2,1H3,(H2,19,21). The molecule has 1 atom stereocenters. The minimum absolute atomic E-state index is 0.305. The number of hydrogen-bond acceptors (Lipinski definition) is 2. The number of nitrogens with two attached hydrogens (primary N) is 1. The maximum atomic E-state index is 13.0. The number of benzene rings is 2. The fourth-order valence-electron chi connectivity index (χ4n) is 2.06. The molecule has 5 heteroatoms. The molecule has 0 bridgehead atoms. The lowest BCUT2D eigenvalue weighted by molar-refractivity contribution is -0.121. The molecule has 21 heavy (non-hydrogen) atoms. The number of halogens is 2. The van der Waals surface area contributed by atoms with Crippen LogP contribution in [0.5, 0.6) is 0 Å². The van der Waals surface area contributed by atoms with Gasteiger partial charge in [0.1, 0.15) is 11.4 Å². The van der Waals surface area contributed by atoms with Gasteiger partial charge in [-0.05, 0) is 48.9 Å². The average Bonchev–Trinajstić information content (AvgIpc) is 2.44. The predicted octanol–water partition coefficient (Wildman–Crippen LogP) is 3.49. The monoisotopic (exact) mass is 350 g/mol. The highest BCUT2D eigenvalue weighted by atomic mass is 79.9. The Labute approximate surface area is 131 Å². The minimum atomic E-state index is -0.953. The first-order chi connectivity index (χ1) is 9.89. The van der Waals surface area contributed by atoms with E-state index in [1.165, 1.54) is 12.1 Å². The summed E-state index contributed by atoms with van der Waals surface area (Å²) in [4.78, 5) is 11.8. The molecule has 0 aliphatic rings. The number of primary amides is 1. The number of anilines is 1. The third-order valence-electron chi connectivity index (χ3n) is 3.28. The van der Waals surface area contributed by atoms with Crippen molar-refractivity contribution in [2.75, 3.05) is 5.32 Å². The summed E-state index contributed by atoms with van der Waals surface area (Å²) < 4.78 is 13.9. The maximum Gasteiger partial charge on any atom is 0.243 e. The Morgan fingerprint density at radius 2 is 1.76 bits per heavy atom. The van der Waals surface area contributed by atoms with Gasteiger partial charge < -0.3 is 11.1 Å². The largest absolute Gasteiger partial charge is 0.371 e. The summed E-state index contributed by atoms with van der Waals surface area (Å²) in [7, 11) is 0. The summed E-state index contributed by atoms with van der Waals surface area (Å²) in [5.74, 6) is -0.768. The lowest BCUT2D eigenvalue weighted by atomic mass is 9.91. The quantitative estimate of drug-likeness (QED) is 0.867. The van der Waals surface area contributed by atoms with Gasteiger partial charge in [0.25, 0.3) is 0 Å². The summed E-state index contributed by atoms with van der Waals surface area (Å²) >= 11 is 3.36. The molecule has 0 aromatic heterocycles. The molecule has 0 saturated carbocycles. The number of rotatable bonds is 5. The molecular formula is C16H16BrFN2O. The molecular weight excluding hydrogens is 335 g/mol. The smallest absolute Gasteiger partial charge is 0.243 e. The minimum Gasteiger partial charge on any atom is -0.371 e. The van der Waals surface area contributed by atoms with Crippen LogP contribution in [0.1, 0.15) is 12.5 Å². The van der Waals surface area contributed by atoms with Gasteiger partial charge in [0.05, 0.1) is 0 Å². The van der Waals surface area contributed by atoms with Gasteiger partial charge in [0.2, 0.25) is 5.91 Å². The van der Waals surface area contributed by atoms with Gasteiger partial charge in [-0.15, -0.1) is 0 Å². The van der Waals surface area contributed by atoms with Crippen molar-refractivity contribution < 1.29 is 9.18 Å². The Balaban J connectivity index is 2.21. The van der Waals surface area contributed by atoms with E-state index in [9.17, 15) is 9.18 Å². The number of carbonyl (C=O) groups excluding carboxylic acids is 1. The first-order valence-corrected chi connectivity index (χ1v) is 7.26. The summed E-state index contributed by atoms with van der Waals surface area (Å²) in [6.45, 7) is 1.74. The lowest BCUT2D eigenvalue weighted by Crippen LogP contribution is -2.49. The van der Waals surface area contributed by atoms with Crippen molar-refractivity contribution in [3.05, 3.63) is 64.4 Å². The zero-order valence-corrected chi connectivity index (χ0v) is 13.2. The van der Waals surface area contributed by atoms with E-state index in [1.54, 1.807) is 19.1 Å². The Morgan fingerprint density at radius 3 is 2.29 bits per heavy atom. The van der Waals surface area contributed by atoms with Crippen molar-refractivity contribution in [2.45, 2.75) is 18.9 Å². The summed E-state index contributed by atoms with van der Waals surface area (Å²) in [6.07, 6.45) is 0.374. The van der Waals surface area contributed by atoms with Crippen LogP contribution in [-0.2, 0) is 11.2 Å². The zero-order valence-electron chi connectivity index (χ0n) is 11.6. The van der Waals surface area contributed by atoms with E-state index in [2.05, 4.69) is 21.2 Å². The van der Waals surface area contributed by atoms with E-state index in [0.717, 1.165) is 15.7 Å². The van der Waals surface area contributed by atoms with Crippen molar-refractivity contribution in [1.82, 2.24) is 0 Å². The molecule has 2 aromatic carbocycles. The summed E-state index contributed by atoms with van der Waals surface area (Å²) in [5, 5.41) is 3.16. The first kappa shape index (κ1) is 15.5. The Kier molecular flexibility index (Phi) is 4.63. The molecule has 0 heterocycles. The van der Waals surface area contributed by atoms with Crippen LogP contribution < -0.4 is 11.1 Å². The highest BCUT2D eigenvalue weighted by Crippen LogP contribution is 2.22. The van der Waals surface area contributed by atoms with Crippen molar-refractivity contribution in [3.63, 3.8) is 0 Å². The molecule has 0 aliphatic carbocycles. The van der Waals surface area contributed by atoms with Crippen LogP contribution in [0.4, 0.5) is 10.1 Å². The van der Waals surface area contributed by atoms with E-state index in [-0.39, 0.29) is 5.82 Å². The van der Waals surface area contributed by atoms with Gasteiger partial charge in [-0.25, -0.2) is 4.39 Å². The second kappa shape index (κ2) is 6.26. The maximum absolute atomic E-state index is 13.0.